The standard InChI is InChI=1S/C19H15N3O4S2/c1-2-14-12-7-9(3-5-11(12)17(24)22(14)19(25)26)15-6-4-10(28-15)8-13-16(23)21-18(27)20-13/h3-8,14H,2H2,1H3,(H,25,26)(H2,20,21,23,27)/b13-8+. The number of carbonyl (C=O) groups excluding carboxylic acids is 2. The Morgan fingerprint density at radius 3 is 2.71 bits per heavy atom. The minimum Gasteiger partial charge on any atom is -0.465 e. The molecule has 3 heterocycles. The Bertz CT molecular complexity index is 1070. The average Bonchev–Trinajstić information content (AvgIpc) is 3.31. The van der Waals surface area contributed by atoms with Crippen molar-refractivity contribution < 1.29 is 19.5 Å². The van der Waals surface area contributed by atoms with E-state index >= 15 is 0 Å². The number of rotatable bonds is 3. The summed E-state index contributed by atoms with van der Waals surface area (Å²) in [5, 5.41) is 15.0. The summed E-state index contributed by atoms with van der Waals surface area (Å²) in [6.07, 6.45) is 0.998. The molecule has 0 spiro atoms. The van der Waals surface area contributed by atoms with Crippen molar-refractivity contribution in [3.05, 3.63) is 52.0 Å². The second-order valence-electron chi connectivity index (χ2n) is 6.35. The van der Waals surface area contributed by atoms with Gasteiger partial charge in [0.15, 0.2) is 5.11 Å². The summed E-state index contributed by atoms with van der Waals surface area (Å²) in [6, 6.07) is 8.71. The third-order valence-electron chi connectivity index (χ3n) is 4.68. The van der Waals surface area contributed by atoms with Crippen LogP contribution in [0.2, 0.25) is 0 Å². The molecular weight excluding hydrogens is 398 g/mol. The predicted octanol–water partition coefficient (Wildman–Crippen LogP) is 3.35. The van der Waals surface area contributed by atoms with Gasteiger partial charge in [0.1, 0.15) is 5.70 Å². The zero-order valence-corrected chi connectivity index (χ0v) is 16.3. The van der Waals surface area contributed by atoms with E-state index in [1.165, 1.54) is 11.3 Å². The van der Waals surface area contributed by atoms with E-state index in [-0.39, 0.29) is 11.0 Å². The highest BCUT2D eigenvalue weighted by Crippen LogP contribution is 2.39. The Balaban J connectivity index is 1.67. The molecule has 3 N–H and O–H groups in total. The summed E-state index contributed by atoms with van der Waals surface area (Å²) in [5.74, 6) is -0.748. The highest BCUT2D eigenvalue weighted by atomic mass is 32.1. The van der Waals surface area contributed by atoms with Crippen molar-refractivity contribution in [2.24, 2.45) is 0 Å². The van der Waals surface area contributed by atoms with Crippen molar-refractivity contribution in [3.63, 3.8) is 0 Å². The maximum absolute atomic E-state index is 12.4. The Kier molecular flexibility index (Phi) is 4.48. The summed E-state index contributed by atoms with van der Waals surface area (Å²) >= 11 is 6.41. The van der Waals surface area contributed by atoms with Gasteiger partial charge in [-0.25, -0.2) is 9.69 Å². The van der Waals surface area contributed by atoms with Gasteiger partial charge in [-0.1, -0.05) is 13.0 Å². The lowest BCUT2D eigenvalue weighted by molar-refractivity contribution is -0.115. The van der Waals surface area contributed by atoms with Crippen molar-refractivity contribution in [2.75, 3.05) is 0 Å². The maximum atomic E-state index is 12.4. The first-order valence-electron chi connectivity index (χ1n) is 8.53. The number of imide groups is 1. The van der Waals surface area contributed by atoms with Gasteiger partial charge in [-0.3, -0.25) is 14.9 Å². The fraction of sp³-hybridized carbons (Fsp3) is 0.158. The predicted molar refractivity (Wildman–Crippen MR) is 109 cm³/mol. The zero-order valence-electron chi connectivity index (χ0n) is 14.7. The van der Waals surface area contributed by atoms with Crippen LogP contribution in [0.15, 0.2) is 36.0 Å². The minimum atomic E-state index is -1.24. The van der Waals surface area contributed by atoms with E-state index < -0.39 is 18.0 Å². The number of hydrogen-bond acceptors (Lipinski definition) is 5. The molecular formula is C19H15N3O4S2. The van der Waals surface area contributed by atoms with Gasteiger partial charge in [-0.05, 0) is 60.1 Å². The summed E-state index contributed by atoms with van der Waals surface area (Å²) in [4.78, 5) is 38.4. The van der Waals surface area contributed by atoms with Crippen LogP contribution in [0.4, 0.5) is 4.79 Å². The van der Waals surface area contributed by atoms with Crippen LogP contribution < -0.4 is 10.6 Å². The quantitative estimate of drug-likeness (QED) is 0.527. The molecule has 2 aromatic rings. The van der Waals surface area contributed by atoms with Crippen LogP contribution in [0.3, 0.4) is 0 Å². The van der Waals surface area contributed by atoms with Gasteiger partial charge >= 0.3 is 6.09 Å². The molecule has 3 amide bonds. The Morgan fingerprint density at radius 1 is 1.29 bits per heavy atom. The van der Waals surface area contributed by atoms with Crippen molar-refractivity contribution in [2.45, 2.75) is 19.4 Å². The topological polar surface area (TPSA) is 98.7 Å². The first-order chi connectivity index (χ1) is 13.4. The van der Waals surface area contributed by atoms with E-state index in [2.05, 4.69) is 10.6 Å². The number of thiocarbonyl (C=S) groups is 1. The summed E-state index contributed by atoms with van der Waals surface area (Å²) < 4.78 is 0. The highest BCUT2D eigenvalue weighted by Gasteiger charge is 2.39. The summed E-state index contributed by atoms with van der Waals surface area (Å²) in [6.45, 7) is 1.86. The van der Waals surface area contributed by atoms with Crippen LogP contribution in [-0.4, -0.2) is 33.0 Å². The van der Waals surface area contributed by atoms with Crippen molar-refractivity contribution in [3.8, 4) is 10.4 Å². The van der Waals surface area contributed by atoms with E-state index in [1.54, 1.807) is 12.1 Å². The molecule has 0 saturated carbocycles. The van der Waals surface area contributed by atoms with Crippen LogP contribution in [0, 0.1) is 0 Å². The first kappa shape index (κ1) is 18.3. The van der Waals surface area contributed by atoms with Gasteiger partial charge in [0.05, 0.1) is 6.04 Å². The van der Waals surface area contributed by atoms with Gasteiger partial charge in [0.25, 0.3) is 11.8 Å². The molecule has 28 heavy (non-hydrogen) atoms. The number of hydrogen-bond donors (Lipinski definition) is 3. The fourth-order valence-corrected chi connectivity index (χ4v) is 4.58. The van der Waals surface area contributed by atoms with Crippen molar-refractivity contribution in [1.29, 1.82) is 0 Å². The monoisotopic (exact) mass is 413 g/mol. The Labute approximate surface area is 169 Å². The molecule has 1 atom stereocenters. The third-order valence-corrected chi connectivity index (χ3v) is 5.97. The Morgan fingerprint density at radius 2 is 2.07 bits per heavy atom. The molecule has 7 nitrogen and oxygen atoms in total. The van der Waals surface area contributed by atoms with E-state index in [4.69, 9.17) is 12.2 Å². The van der Waals surface area contributed by atoms with Crippen LogP contribution in [0.5, 0.6) is 0 Å². The van der Waals surface area contributed by atoms with Crippen molar-refractivity contribution >= 4 is 52.7 Å². The third kappa shape index (κ3) is 2.98. The first-order valence-corrected chi connectivity index (χ1v) is 9.76. The number of carboxylic acid groups (broad SMARTS) is 1. The SMILES string of the molecule is CCC1c2cc(-c3ccc(/C=C4/NC(=S)NC4=O)s3)ccc2C(=O)N1C(=O)O. The smallest absolute Gasteiger partial charge is 0.414 e. The molecule has 0 radical (unpaired) electrons. The molecule has 0 aliphatic carbocycles. The molecule has 9 heteroatoms. The largest absolute Gasteiger partial charge is 0.465 e. The van der Waals surface area contributed by atoms with Gasteiger partial charge in [0.2, 0.25) is 0 Å². The number of nitrogens with one attached hydrogen (secondary N) is 2. The molecule has 1 unspecified atom stereocenters. The van der Waals surface area contributed by atoms with Crippen LogP contribution >= 0.6 is 23.6 Å². The number of thiophene rings is 1. The molecule has 2 aliphatic rings. The van der Waals surface area contributed by atoms with E-state index in [0.717, 1.165) is 25.8 Å². The number of nitrogens with zero attached hydrogens (tertiary/aromatic N) is 1. The molecule has 1 saturated heterocycles. The van der Waals surface area contributed by atoms with Gasteiger partial charge in [-0.15, -0.1) is 11.3 Å². The Hall–Kier alpha value is -3.04. The molecule has 4 rings (SSSR count). The highest BCUT2D eigenvalue weighted by molar-refractivity contribution is 7.80. The lowest BCUT2D eigenvalue weighted by atomic mass is 9.99. The van der Waals surface area contributed by atoms with Crippen molar-refractivity contribution in [1.82, 2.24) is 15.5 Å². The van der Waals surface area contributed by atoms with E-state index in [1.807, 2.05) is 31.2 Å². The average molecular weight is 413 g/mol. The number of carbonyl (C=O) groups is 3. The summed E-state index contributed by atoms with van der Waals surface area (Å²) in [5.41, 5.74) is 2.44. The van der Waals surface area contributed by atoms with E-state index in [0.29, 0.717) is 17.7 Å². The zero-order chi connectivity index (χ0) is 20.0. The van der Waals surface area contributed by atoms with Crippen LogP contribution in [0.25, 0.3) is 16.5 Å². The molecule has 1 aromatic heterocycles. The van der Waals surface area contributed by atoms with E-state index in [9.17, 15) is 19.5 Å². The van der Waals surface area contributed by atoms with Crippen LogP contribution in [-0.2, 0) is 4.79 Å². The summed E-state index contributed by atoms with van der Waals surface area (Å²) in [7, 11) is 0. The number of benzene rings is 1. The lowest BCUT2D eigenvalue weighted by Crippen LogP contribution is -2.32. The van der Waals surface area contributed by atoms with Gasteiger partial charge in [-0.2, -0.15) is 0 Å². The number of fused-ring (bicyclic) bond motifs is 1. The number of amides is 3. The van der Waals surface area contributed by atoms with Crippen LogP contribution in [0.1, 0.15) is 40.2 Å². The van der Waals surface area contributed by atoms with Gasteiger partial charge < -0.3 is 10.4 Å². The minimum absolute atomic E-state index is 0.268. The maximum Gasteiger partial charge on any atom is 0.414 e. The normalized spacial score (nSPS) is 19.8. The molecule has 1 aromatic carbocycles. The lowest BCUT2D eigenvalue weighted by Gasteiger charge is -2.18. The van der Waals surface area contributed by atoms with Gasteiger partial charge in [0, 0.05) is 15.3 Å². The fourth-order valence-electron chi connectivity index (χ4n) is 3.43. The molecule has 142 valence electrons. The molecule has 2 aliphatic heterocycles. The molecule has 1 fully saturated rings. The molecule has 0 bridgehead atoms. The second-order valence-corrected chi connectivity index (χ2v) is 7.88. The second kappa shape index (κ2) is 6.84.